The van der Waals surface area contributed by atoms with E-state index in [0.717, 1.165) is 25.5 Å². The van der Waals surface area contributed by atoms with Crippen molar-refractivity contribution in [2.75, 3.05) is 0 Å². The van der Waals surface area contributed by atoms with E-state index in [-0.39, 0.29) is 11.5 Å². The molecule has 2 rings (SSSR count). The van der Waals surface area contributed by atoms with Gasteiger partial charge in [0.05, 0.1) is 0 Å². The smallest absolute Gasteiger partial charge is 0.341 e. The summed E-state index contributed by atoms with van der Waals surface area (Å²) in [5.41, 5.74) is -0.293. The molecule has 0 aromatic carbocycles. The first-order valence-electron chi connectivity index (χ1n) is 4.51. The number of rotatable bonds is 2. The molecule has 2 N–H and O–H groups in total. The van der Waals surface area contributed by atoms with Gasteiger partial charge in [-0.2, -0.15) is 5.10 Å². The lowest BCUT2D eigenvalue weighted by Gasteiger charge is -2.23. The molecule has 1 aromatic heterocycles. The van der Waals surface area contributed by atoms with Gasteiger partial charge in [0.1, 0.15) is 11.3 Å². The van der Waals surface area contributed by atoms with Crippen LogP contribution in [0.25, 0.3) is 0 Å². The average Bonchev–Trinajstić information content (AvgIpc) is 2.04. The summed E-state index contributed by atoms with van der Waals surface area (Å²) in [6, 6.07) is 0. The molecule has 0 saturated heterocycles. The minimum absolute atomic E-state index is 0.151. The van der Waals surface area contributed by atoms with Gasteiger partial charge in [-0.1, -0.05) is 6.42 Å². The van der Waals surface area contributed by atoms with Gasteiger partial charge in [-0.15, -0.1) is 0 Å². The number of nitrogens with one attached hydrogen (secondary N) is 1. The standard InChI is InChI=1S/C9H10N2O3/c12-8-6(9(13)14)4-10-11-7(8)5-2-1-3-5/h4-5H,1-3H2,(H,10,12)(H,13,14). The number of carboxylic acids is 1. The second kappa shape index (κ2) is 3.25. The monoisotopic (exact) mass is 194 g/mol. The highest BCUT2D eigenvalue weighted by atomic mass is 16.4. The molecule has 1 saturated carbocycles. The van der Waals surface area contributed by atoms with E-state index in [9.17, 15) is 9.59 Å². The fraction of sp³-hybridized carbons (Fsp3) is 0.444. The topological polar surface area (TPSA) is 83.0 Å². The highest BCUT2D eigenvalue weighted by molar-refractivity contribution is 5.87. The maximum atomic E-state index is 11.6. The van der Waals surface area contributed by atoms with Crippen LogP contribution in [0.4, 0.5) is 0 Å². The van der Waals surface area contributed by atoms with Crippen LogP contribution < -0.4 is 5.43 Å². The van der Waals surface area contributed by atoms with Crippen LogP contribution in [0.2, 0.25) is 0 Å². The van der Waals surface area contributed by atoms with E-state index in [1.165, 1.54) is 0 Å². The Morgan fingerprint density at radius 2 is 2.29 bits per heavy atom. The lowest BCUT2D eigenvalue weighted by Crippen LogP contribution is -2.26. The molecular weight excluding hydrogens is 184 g/mol. The van der Waals surface area contributed by atoms with Crippen molar-refractivity contribution in [1.82, 2.24) is 10.2 Å². The molecule has 14 heavy (non-hydrogen) atoms. The Balaban J connectivity index is 2.46. The van der Waals surface area contributed by atoms with Gasteiger partial charge in [-0.3, -0.25) is 9.89 Å². The lowest BCUT2D eigenvalue weighted by atomic mass is 9.82. The number of nitrogens with zero attached hydrogens (tertiary/aromatic N) is 1. The molecule has 0 radical (unpaired) electrons. The summed E-state index contributed by atoms with van der Waals surface area (Å²) >= 11 is 0. The van der Waals surface area contributed by atoms with Crippen LogP contribution in [0, 0.1) is 0 Å². The normalized spacial score (nSPS) is 16.3. The molecule has 0 bridgehead atoms. The van der Waals surface area contributed by atoms with Crippen molar-refractivity contribution in [3.8, 4) is 0 Å². The van der Waals surface area contributed by atoms with E-state index >= 15 is 0 Å². The van der Waals surface area contributed by atoms with E-state index in [0.29, 0.717) is 5.69 Å². The third-order valence-corrected chi connectivity index (χ3v) is 2.59. The number of carbonyl (C=O) groups is 1. The van der Waals surface area contributed by atoms with E-state index in [4.69, 9.17) is 5.11 Å². The Morgan fingerprint density at radius 3 is 2.79 bits per heavy atom. The summed E-state index contributed by atoms with van der Waals surface area (Å²) in [5, 5.41) is 15.0. The van der Waals surface area contributed by atoms with E-state index < -0.39 is 11.4 Å². The molecule has 0 atom stereocenters. The third-order valence-electron chi connectivity index (χ3n) is 2.59. The Hall–Kier alpha value is -1.65. The van der Waals surface area contributed by atoms with Crippen molar-refractivity contribution >= 4 is 5.97 Å². The number of H-pyrrole nitrogens is 1. The Labute approximate surface area is 79.8 Å². The number of hydrogen-bond donors (Lipinski definition) is 2. The van der Waals surface area contributed by atoms with Crippen LogP contribution in [0.5, 0.6) is 0 Å². The van der Waals surface area contributed by atoms with Crippen molar-refractivity contribution in [2.45, 2.75) is 25.2 Å². The van der Waals surface area contributed by atoms with Gasteiger partial charge in [-0.05, 0) is 12.8 Å². The van der Waals surface area contributed by atoms with Gasteiger partial charge in [0.15, 0.2) is 0 Å². The molecule has 74 valence electrons. The maximum Gasteiger partial charge on any atom is 0.341 e. The Morgan fingerprint density at radius 1 is 1.57 bits per heavy atom. The molecule has 0 amide bonds. The third kappa shape index (κ3) is 1.30. The quantitative estimate of drug-likeness (QED) is 0.727. The minimum Gasteiger partial charge on any atom is -0.477 e. The molecule has 0 unspecified atom stereocenters. The van der Waals surface area contributed by atoms with Gasteiger partial charge < -0.3 is 5.11 Å². The van der Waals surface area contributed by atoms with Gasteiger partial charge >= 0.3 is 5.97 Å². The largest absolute Gasteiger partial charge is 0.477 e. The Bertz CT molecular complexity index is 420. The zero-order valence-corrected chi connectivity index (χ0v) is 7.49. The number of hydrogen-bond acceptors (Lipinski definition) is 3. The predicted octanol–water partition coefficient (Wildman–Crippen LogP) is 0.736. The number of aromatic nitrogens is 2. The SMILES string of the molecule is O=C(O)c1c[nH]nc(C2CCC2)c1=O. The molecule has 1 fully saturated rings. The van der Waals surface area contributed by atoms with Crippen LogP contribution >= 0.6 is 0 Å². The molecule has 0 spiro atoms. The van der Waals surface area contributed by atoms with Crippen molar-refractivity contribution in [3.63, 3.8) is 0 Å². The average molecular weight is 194 g/mol. The first-order chi connectivity index (χ1) is 6.70. The van der Waals surface area contributed by atoms with E-state index in [2.05, 4.69) is 10.2 Å². The van der Waals surface area contributed by atoms with Gasteiger partial charge in [0.25, 0.3) is 0 Å². The maximum absolute atomic E-state index is 11.6. The van der Waals surface area contributed by atoms with Gasteiger partial charge in [-0.25, -0.2) is 4.79 Å². The first kappa shape index (κ1) is 8.93. The van der Waals surface area contributed by atoms with Gasteiger partial charge in [0, 0.05) is 12.1 Å². The second-order valence-electron chi connectivity index (χ2n) is 3.45. The van der Waals surface area contributed by atoms with Crippen LogP contribution in [0.15, 0.2) is 11.0 Å². The number of carboxylic acid groups (broad SMARTS) is 1. The van der Waals surface area contributed by atoms with Crippen molar-refractivity contribution in [1.29, 1.82) is 0 Å². The molecule has 5 heteroatoms. The van der Waals surface area contributed by atoms with E-state index in [1.54, 1.807) is 0 Å². The van der Waals surface area contributed by atoms with Crippen LogP contribution in [-0.4, -0.2) is 21.3 Å². The highest BCUT2D eigenvalue weighted by Crippen LogP contribution is 2.33. The van der Waals surface area contributed by atoms with Crippen molar-refractivity contribution in [2.24, 2.45) is 0 Å². The summed E-state index contributed by atoms with van der Waals surface area (Å²) in [6.45, 7) is 0. The zero-order chi connectivity index (χ0) is 10.1. The first-order valence-corrected chi connectivity index (χ1v) is 4.51. The lowest BCUT2D eigenvalue weighted by molar-refractivity contribution is 0.0694. The predicted molar refractivity (Wildman–Crippen MR) is 48.4 cm³/mol. The van der Waals surface area contributed by atoms with Crippen LogP contribution in [0.3, 0.4) is 0 Å². The number of aromatic amines is 1. The van der Waals surface area contributed by atoms with E-state index in [1.807, 2.05) is 0 Å². The van der Waals surface area contributed by atoms with Crippen LogP contribution in [-0.2, 0) is 0 Å². The fourth-order valence-electron chi connectivity index (χ4n) is 1.54. The molecule has 1 aromatic rings. The van der Waals surface area contributed by atoms with Crippen molar-refractivity contribution < 1.29 is 9.90 Å². The fourth-order valence-corrected chi connectivity index (χ4v) is 1.54. The highest BCUT2D eigenvalue weighted by Gasteiger charge is 2.25. The molecule has 1 heterocycles. The summed E-state index contributed by atoms with van der Waals surface area (Å²) in [5.74, 6) is -1.05. The molecule has 1 aliphatic rings. The molecule has 5 nitrogen and oxygen atoms in total. The number of aromatic carboxylic acids is 1. The van der Waals surface area contributed by atoms with Crippen molar-refractivity contribution in [3.05, 3.63) is 27.7 Å². The van der Waals surface area contributed by atoms with Crippen LogP contribution in [0.1, 0.15) is 41.2 Å². The summed E-state index contributed by atoms with van der Waals surface area (Å²) in [7, 11) is 0. The summed E-state index contributed by atoms with van der Waals surface area (Å²) in [4.78, 5) is 22.2. The minimum atomic E-state index is -1.20. The summed E-state index contributed by atoms with van der Waals surface area (Å²) < 4.78 is 0. The summed E-state index contributed by atoms with van der Waals surface area (Å²) in [6.07, 6.45) is 4.08. The second-order valence-corrected chi connectivity index (χ2v) is 3.45. The molecule has 1 aliphatic carbocycles. The zero-order valence-electron chi connectivity index (χ0n) is 7.49. The molecular formula is C9H10N2O3. The van der Waals surface area contributed by atoms with Gasteiger partial charge in [0.2, 0.25) is 5.43 Å². The Kier molecular flexibility index (Phi) is 2.07. The molecule has 0 aliphatic heterocycles.